The van der Waals surface area contributed by atoms with Gasteiger partial charge in [0, 0.05) is 17.1 Å². The molecule has 0 radical (unpaired) electrons. The molecule has 140 valence electrons. The van der Waals surface area contributed by atoms with Crippen LogP contribution in [-0.4, -0.2) is 16.7 Å². The lowest BCUT2D eigenvalue weighted by Gasteiger charge is -2.31. The van der Waals surface area contributed by atoms with Crippen molar-refractivity contribution in [1.29, 1.82) is 0 Å². The predicted molar refractivity (Wildman–Crippen MR) is 107 cm³/mol. The van der Waals surface area contributed by atoms with Gasteiger partial charge in [0.05, 0.1) is 11.7 Å². The minimum absolute atomic E-state index is 0.0733. The Morgan fingerprint density at radius 3 is 2.56 bits per heavy atom. The Kier molecular flexibility index (Phi) is 5.75. The van der Waals surface area contributed by atoms with Crippen molar-refractivity contribution in [2.75, 3.05) is 5.32 Å². The number of ketones is 1. The average molecular weight is 431 g/mol. The van der Waals surface area contributed by atoms with E-state index in [1.54, 1.807) is 12.1 Å². The molecule has 0 fully saturated rings. The maximum Gasteiger partial charge on any atom is 0.326 e. The summed E-state index contributed by atoms with van der Waals surface area (Å²) in [4.78, 5) is 26.2. The Morgan fingerprint density at radius 1 is 1.22 bits per heavy atom. The molecule has 0 saturated heterocycles. The van der Waals surface area contributed by atoms with Crippen LogP contribution in [0.2, 0.25) is 0 Å². The lowest BCUT2D eigenvalue weighted by Crippen LogP contribution is -2.37. The summed E-state index contributed by atoms with van der Waals surface area (Å²) in [5, 5.41) is 2.88. The first-order valence-electron chi connectivity index (χ1n) is 8.70. The smallest absolute Gasteiger partial charge is 0.306 e. The van der Waals surface area contributed by atoms with Gasteiger partial charge in [-0.2, -0.15) is 0 Å². The summed E-state index contributed by atoms with van der Waals surface area (Å²) in [6, 6.07) is 10.8. The van der Waals surface area contributed by atoms with Gasteiger partial charge in [0.1, 0.15) is 5.82 Å². The molecule has 0 aromatic heterocycles. The van der Waals surface area contributed by atoms with Crippen molar-refractivity contribution < 1.29 is 14.0 Å². The third-order valence-corrected chi connectivity index (χ3v) is 5.20. The van der Waals surface area contributed by atoms with E-state index in [0.717, 1.165) is 10.0 Å². The van der Waals surface area contributed by atoms with E-state index in [1.807, 2.05) is 18.2 Å². The molecule has 6 heteroatoms. The summed E-state index contributed by atoms with van der Waals surface area (Å²) < 4.78 is 14.0. The second-order valence-electron chi connectivity index (χ2n) is 6.78. The molecule has 3 rings (SSSR count). The van der Waals surface area contributed by atoms with Gasteiger partial charge in [0.25, 0.3) is 0 Å². The molecular formula is C21H20BrFN2O2. The third-order valence-electron chi connectivity index (χ3n) is 4.54. The standard InChI is InChI=1S/C21H20BrFN2O2/c1-13(2)15-5-8-19(18(22)11-15)24-21(27)25-10-9-17(26)12-20(25)14-3-6-16(23)7-4-14/h3-11,13,20H,12H2,1-2H3,(H,24,27)/t20-/m0/s1. The lowest BCUT2D eigenvalue weighted by molar-refractivity contribution is -0.116. The highest BCUT2D eigenvalue weighted by Crippen LogP contribution is 2.31. The minimum Gasteiger partial charge on any atom is -0.306 e. The zero-order valence-corrected chi connectivity index (χ0v) is 16.7. The zero-order chi connectivity index (χ0) is 19.6. The molecular weight excluding hydrogens is 411 g/mol. The van der Waals surface area contributed by atoms with Crippen molar-refractivity contribution in [1.82, 2.24) is 4.90 Å². The number of benzene rings is 2. The molecule has 1 N–H and O–H groups in total. The number of halogens is 2. The van der Waals surface area contributed by atoms with Gasteiger partial charge in [0.15, 0.2) is 5.78 Å². The third kappa shape index (κ3) is 4.45. The summed E-state index contributed by atoms with van der Waals surface area (Å²) in [6.07, 6.45) is 3.02. The first-order valence-corrected chi connectivity index (χ1v) is 9.49. The quantitative estimate of drug-likeness (QED) is 0.671. The van der Waals surface area contributed by atoms with E-state index in [9.17, 15) is 14.0 Å². The molecule has 2 aromatic carbocycles. The van der Waals surface area contributed by atoms with Gasteiger partial charge in [-0.05, 0) is 63.3 Å². The van der Waals surface area contributed by atoms with E-state index < -0.39 is 6.04 Å². The van der Waals surface area contributed by atoms with Gasteiger partial charge in [-0.1, -0.05) is 32.0 Å². The van der Waals surface area contributed by atoms with Gasteiger partial charge < -0.3 is 5.32 Å². The van der Waals surface area contributed by atoms with Crippen LogP contribution in [0.4, 0.5) is 14.9 Å². The van der Waals surface area contributed by atoms with Crippen LogP contribution in [0.5, 0.6) is 0 Å². The maximum atomic E-state index is 13.2. The van der Waals surface area contributed by atoms with Crippen molar-refractivity contribution in [3.8, 4) is 0 Å². The summed E-state index contributed by atoms with van der Waals surface area (Å²) in [7, 11) is 0. The van der Waals surface area contributed by atoms with Crippen molar-refractivity contribution in [2.24, 2.45) is 0 Å². The number of rotatable bonds is 3. The van der Waals surface area contributed by atoms with Crippen LogP contribution in [0.3, 0.4) is 0 Å². The van der Waals surface area contributed by atoms with Crippen molar-refractivity contribution in [2.45, 2.75) is 32.2 Å². The number of amides is 2. The summed E-state index contributed by atoms with van der Waals surface area (Å²) >= 11 is 3.50. The SMILES string of the molecule is CC(C)c1ccc(NC(=O)N2C=CC(=O)C[C@H]2c2ccc(F)cc2)c(Br)c1. The molecule has 0 bridgehead atoms. The van der Waals surface area contributed by atoms with Crippen LogP contribution < -0.4 is 5.32 Å². The van der Waals surface area contributed by atoms with Crippen LogP contribution in [0.25, 0.3) is 0 Å². The molecule has 27 heavy (non-hydrogen) atoms. The van der Waals surface area contributed by atoms with Gasteiger partial charge in [-0.15, -0.1) is 0 Å². The average Bonchev–Trinajstić information content (AvgIpc) is 2.63. The second kappa shape index (κ2) is 8.05. The number of carbonyl (C=O) groups is 2. The minimum atomic E-state index is -0.475. The number of allylic oxidation sites excluding steroid dienone is 1. The zero-order valence-electron chi connectivity index (χ0n) is 15.1. The van der Waals surface area contributed by atoms with E-state index in [0.29, 0.717) is 17.2 Å². The van der Waals surface area contributed by atoms with E-state index in [1.165, 1.54) is 29.3 Å². The highest BCUT2D eigenvalue weighted by molar-refractivity contribution is 9.10. The number of anilines is 1. The Balaban J connectivity index is 1.84. The normalized spacial score (nSPS) is 16.7. The number of nitrogens with one attached hydrogen (secondary N) is 1. The Bertz CT molecular complexity index is 894. The van der Waals surface area contributed by atoms with E-state index in [2.05, 4.69) is 35.1 Å². The largest absolute Gasteiger partial charge is 0.326 e. The predicted octanol–water partition coefficient (Wildman–Crippen LogP) is 5.77. The molecule has 0 aliphatic carbocycles. The molecule has 0 spiro atoms. The van der Waals surface area contributed by atoms with Gasteiger partial charge in [-0.3, -0.25) is 9.69 Å². The van der Waals surface area contributed by atoms with Crippen molar-refractivity contribution >= 4 is 33.4 Å². The summed E-state index contributed by atoms with van der Waals surface area (Å²) in [5.74, 6) is -0.0533. The van der Waals surface area contributed by atoms with Crippen LogP contribution >= 0.6 is 15.9 Å². The Morgan fingerprint density at radius 2 is 1.93 bits per heavy atom. The second-order valence-corrected chi connectivity index (χ2v) is 7.64. The number of hydrogen-bond donors (Lipinski definition) is 1. The van der Waals surface area contributed by atoms with Crippen LogP contribution in [0.1, 0.15) is 43.4 Å². The first-order chi connectivity index (χ1) is 12.8. The van der Waals surface area contributed by atoms with E-state index in [4.69, 9.17) is 0 Å². The number of nitrogens with zero attached hydrogens (tertiary/aromatic N) is 1. The van der Waals surface area contributed by atoms with Crippen molar-refractivity contribution in [3.63, 3.8) is 0 Å². The van der Waals surface area contributed by atoms with E-state index >= 15 is 0 Å². The van der Waals surface area contributed by atoms with Gasteiger partial charge in [-0.25, -0.2) is 9.18 Å². The molecule has 0 saturated carbocycles. The first kappa shape index (κ1) is 19.3. The molecule has 1 aliphatic rings. The monoisotopic (exact) mass is 430 g/mol. The van der Waals surface area contributed by atoms with Gasteiger partial charge >= 0.3 is 6.03 Å². The fraction of sp³-hybridized carbons (Fsp3) is 0.238. The highest BCUT2D eigenvalue weighted by Gasteiger charge is 2.29. The molecule has 4 nitrogen and oxygen atoms in total. The molecule has 2 amide bonds. The Hall–Kier alpha value is -2.47. The summed E-state index contributed by atoms with van der Waals surface area (Å²) in [6.45, 7) is 4.20. The molecule has 0 unspecified atom stereocenters. The molecule has 2 aromatic rings. The van der Waals surface area contributed by atoms with Crippen molar-refractivity contribution in [3.05, 3.63) is 76.2 Å². The number of carbonyl (C=O) groups excluding carboxylic acids is 2. The lowest BCUT2D eigenvalue weighted by atomic mass is 9.97. The topological polar surface area (TPSA) is 49.4 Å². The maximum absolute atomic E-state index is 13.2. The van der Waals surface area contributed by atoms with Crippen LogP contribution in [0, 0.1) is 5.82 Å². The number of urea groups is 1. The highest BCUT2D eigenvalue weighted by atomic mass is 79.9. The van der Waals surface area contributed by atoms with Gasteiger partial charge in [0.2, 0.25) is 0 Å². The fourth-order valence-electron chi connectivity index (χ4n) is 2.97. The number of hydrogen-bond acceptors (Lipinski definition) is 2. The molecule has 1 aliphatic heterocycles. The van der Waals surface area contributed by atoms with E-state index in [-0.39, 0.29) is 24.1 Å². The molecule has 1 heterocycles. The van der Waals surface area contributed by atoms with Crippen LogP contribution in [0.15, 0.2) is 59.2 Å². The molecule has 1 atom stereocenters. The summed E-state index contributed by atoms with van der Waals surface area (Å²) in [5.41, 5.74) is 2.51. The Labute approximate surface area is 166 Å². The van der Waals surface area contributed by atoms with Crippen LogP contribution in [-0.2, 0) is 4.79 Å². The fourth-order valence-corrected chi connectivity index (χ4v) is 3.46.